The van der Waals surface area contributed by atoms with E-state index in [1.54, 1.807) is 5.48 Å². The molecule has 0 bridgehead atoms. The van der Waals surface area contributed by atoms with Gasteiger partial charge in [0.25, 0.3) is 5.91 Å². The SMILES string of the molecule is CCN1CCN(Cc2ccc(C3C=CC(SN4CC=C(C(=O)NO)CC4)CC3)cc2)CC1. The van der Waals surface area contributed by atoms with E-state index in [1.165, 1.54) is 50.1 Å². The summed E-state index contributed by atoms with van der Waals surface area (Å²) in [6.07, 6.45) is 9.68. The molecule has 1 saturated heterocycles. The molecule has 6 nitrogen and oxygen atoms in total. The van der Waals surface area contributed by atoms with E-state index in [-0.39, 0.29) is 5.91 Å². The summed E-state index contributed by atoms with van der Waals surface area (Å²) in [5.74, 6) is 0.134. The van der Waals surface area contributed by atoms with Crippen LogP contribution in [-0.4, -0.2) is 76.3 Å². The smallest absolute Gasteiger partial charge is 0.270 e. The number of hydrogen-bond donors (Lipinski definition) is 2. The van der Waals surface area contributed by atoms with Crippen molar-refractivity contribution in [2.24, 2.45) is 0 Å². The summed E-state index contributed by atoms with van der Waals surface area (Å²) in [7, 11) is 0. The molecule has 7 heteroatoms. The standard InChI is InChI=1S/C25H36N4O2S/c1-2-27-15-17-28(18-16-27)19-20-3-5-21(6-4-20)22-7-9-24(10-8-22)32-29-13-11-23(12-14-29)25(30)26-31/h3-7,9,11,22,24,31H,2,8,10,12-19H2,1H3,(H,26,30). The number of nitrogens with zero attached hydrogens (tertiary/aromatic N) is 3. The minimum absolute atomic E-state index is 0.375. The first-order chi connectivity index (χ1) is 15.6. The Labute approximate surface area is 196 Å². The number of hydroxylamine groups is 1. The van der Waals surface area contributed by atoms with E-state index in [2.05, 4.69) is 57.4 Å². The van der Waals surface area contributed by atoms with Gasteiger partial charge in [0.1, 0.15) is 0 Å². The molecule has 3 aliphatic rings. The van der Waals surface area contributed by atoms with Gasteiger partial charge in [-0.3, -0.25) is 14.9 Å². The first-order valence-corrected chi connectivity index (χ1v) is 12.8. The Bertz CT molecular complexity index is 818. The summed E-state index contributed by atoms with van der Waals surface area (Å²) in [5.41, 5.74) is 5.24. The monoisotopic (exact) mass is 456 g/mol. The van der Waals surface area contributed by atoms with Gasteiger partial charge in [-0.2, -0.15) is 0 Å². The lowest BCUT2D eigenvalue weighted by atomic mass is 9.89. The van der Waals surface area contributed by atoms with Crippen molar-refractivity contribution in [2.75, 3.05) is 45.8 Å². The number of likely N-dealkylation sites (N-methyl/N-ethyl adjacent to an activating group) is 1. The van der Waals surface area contributed by atoms with Gasteiger partial charge in [0, 0.05) is 62.6 Å². The first-order valence-electron chi connectivity index (χ1n) is 11.9. The first kappa shape index (κ1) is 23.5. The molecule has 2 N–H and O–H groups in total. The van der Waals surface area contributed by atoms with Crippen molar-refractivity contribution < 1.29 is 10.0 Å². The quantitative estimate of drug-likeness (QED) is 0.284. The summed E-state index contributed by atoms with van der Waals surface area (Å²) in [4.78, 5) is 16.6. The molecule has 2 aliphatic heterocycles. The topological polar surface area (TPSA) is 59.0 Å². The predicted octanol–water partition coefficient (Wildman–Crippen LogP) is 3.41. The number of allylic oxidation sites excluding steroid dienone is 1. The summed E-state index contributed by atoms with van der Waals surface area (Å²) < 4.78 is 2.32. The Hall–Kier alpha value is -1.64. The highest BCUT2D eigenvalue weighted by atomic mass is 32.2. The van der Waals surface area contributed by atoms with E-state index in [0.29, 0.717) is 23.2 Å². The Morgan fingerprint density at radius 3 is 2.41 bits per heavy atom. The van der Waals surface area contributed by atoms with Gasteiger partial charge in [-0.15, -0.1) is 0 Å². The van der Waals surface area contributed by atoms with Crippen molar-refractivity contribution in [3.8, 4) is 0 Å². The minimum Gasteiger partial charge on any atom is -0.301 e. The third kappa shape index (κ3) is 6.23. The molecule has 0 saturated carbocycles. The molecule has 1 aliphatic carbocycles. The Morgan fingerprint density at radius 1 is 1.06 bits per heavy atom. The van der Waals surface area contributed by atoms with Crippen LogP contribution in [0.4, 0.5) is 0 Å². The number of benzene rings is 1. The van der Waals surface area contributed by atoms with E-state index in [4.69, 9.17) is 5.21 Å². The fraction of sp³-hybridized carbons (Fsp3) is 0.560. The van der Waals surface area contributed by atoms with Gasteiger partial charge in [0.15, 0.2) is 0 Å². The van der Waals surface area contributed by atoms with Crippen molar-refractivity contribution in [1.82, 2.24) is 19.6 Å². The second-order valence-corrected chi connectivity index (χ2v) is 10.3. The van der Waals surface area contributed by atoms with Crippen LogP contribution in [0.1, 0.15) is 43.2 Å². The Balaban J connectivity index is 1.23. The molecule has 1 aromatic carbocycles. The Kier molecular flexibility index (Phi) is 8.43. The van der Waals surface area contributed by atoms with Crippen molar-refractivity contribution in [3.05, 3.63) is 59.2 Å². The second-order valence-electron chi connectivity index (χ2n) is 8.97. The van der Waals surface area contributed by atoms with Crippen LogP contribution in [0.15, 0.2) is 48.1 Å². The molecular weight excluding hydrogens is 420 g/mol. The average Bonchev–Trinajstić information content (AvgIpc) is 2.85. The van der Waals surface area contributed by atoms with Crippen LogP contribution in [0, 0.1) is 0 Å². The third-order valence-corrected chi connectivity index (χ3v) is 8.19. The molecule has 1 amide bonds. The van der Waals surface area contributed by atoms with Crippen molar-refractivity contribution in [2.45, 2.75) is 43.9 Å². The van der Waals surface area contributed by atoms with Crippen LogP contribution in [0.2, 0.25) is 0 Å². The van der Waals surface area contributed by atoms with Gasteiger partial charge in [-0.05, 0) is 36.9 Å². The van der Waals surface area contributed by atoms with E-state index >= 15 is 0 Å². The van der Waals surface area contributed by atoms with Crippen molar-refractivity contribution in [3.63, 3.8) is 0 Å². The molecule has 174 valence electrons. The summed E-state index contributed by atoms with van der Waals surface area (Å²) in [6.45, 7) is 10.8. The van der Waals surface area contributed by atoms with Gasteiger partial charge >= 0.3 is 0 Å². The fourth-order valence-electron chi connectivity index (χ4n) is 4.77. The summed E-state index contributed by atoms with van der Waals surface area (Å²) >= 11 is 1.88. The molecule has 1 aromatic rings. The average molecular weight is 457 g/mol. The van der Waals surface area contributed by atoms with E-state index in [1.807, 2.05) is 18.0 Å². The number of piperazine rings is 1. The zero-order chi connectivity index (χ0) is 22.3. The van der Waals surface area contributed by atoms with E-state index in [0.717, 1.165) is 26.2 Å². The molecule has 0 spiro atoms. The molecule has 4 rings (SSSR count). The van der Waals surface area contributed by atoms with Crippen LogP contribution < -0.4 is 5.48 Å². The van der Waals surface area contributed by atoms with Gasteiger partial charge in [-0.25, -0.2) is 9.79 Å². The van der Waals surface area contributed by atoms with Gasteiger partial charge < -0.3 is 4.90 Å². The zero-order valence-electron chi connectivity index (χ0n) is 19.1. The lowest BCUT2D eigenvalue weighted by Gasteiger charge is -2.34. The highest BCUT2D eigenvalue weighted by Gasteiger charge is 2.23. The lowest BCUT2D eigenvalue weighted by molar-refractivity contribution is -0.125. The number of carbonyl (C=O) groups is 1. The molecule has 1 fully saturated rings. The van der Waals surface area contributed by atoms with Gasteiger partial charge in [0.2, 0.25) is 0 Å². The van der Waals surface area contributed by atoms with Gasteiger partial charge in [0.05, 0.1) is 0 Å². The highest BCUT2D eigenvalue weighted by molar-refractivity contribution is 7.97. The number of carbonyl (C=O) groups excluding carboxylic acids is 1. The molecule has 32 heavy (non-hydrogen) atoms. The van der Waals surface area contributed by atoms with Crippen LogP contribution in [0.3, 0.4) is 0 Å². The maximum Gasteiger partial charge on any atom is 0.270 e. The van der Waals surface area contributed by atoms with Crippen LogP contribution in [0.25, 0.3) is 0 Å². The largest absolute Gasteiger partial charge is 0.301 e. The summed E-state index contributed by atoms with van der Waals surface area (Å²) in [5, 5.41) is 9.26. The summed E-state index contributed by atoms with van der Waals surface area (Å²) in [6, 6.07) is 9.28. The zero-order valence-corrected chi connectivity index (χ0v) is 19.9. The minimum atomic E-state index is -0.375. The maximum absolute atomic E-state index is 11.5. The molecule has 2 atom stereocenters. The molecular formula is C25H36N4O2S. The lowest BCUT2D eigenvalue weighted by Crippen LogP contribution is -2.45. The normalized spacial score (nSPS) is 25.5. The fourth-order valence-corrected chi connectivity index (χ4v) is 5.91. The highest BCUT2D eigenvalue weighted by Crippen LogP contribution is 2.34. The van der Waals surface area contributed by atoms with Gasteiger partial charge in [-0.1, -0.05) is 61.4 Å². The molecule has 2 heterocycles. The van der Waals surface area contributed by atoms with Crippen LogP contribution in [0.5, 0.6) is 0 Å². The second kappa shape index (κ2) is 11.5. The molecule has 0 aromatic heterocycles. The van der Waals surface area contributed by atoms with Crippen LogP contribution in [-0.2, 0) is 11.3 Å². The number of rotatable bonds is 7. The number of nitrogens with one attached hydrogen (secondary N) is 1. The number of amides is 1. The third-order valence-electron chi connectivity index (χ3n) is 6.90. The number of hydrogen-bond acceptors (Lipinski definition) is 6. The van der Waals surface area contributed by atoms with E-state index in [9.17, 15) is 4.79 Å². The van der Waals surface area contributed by atoms with Crippen molar-refractivity contribution >= 4 is 17.9 Å². The maximum atomic E-state index is 11.5. The Morgan fingerprint density at radius 2 is 1.81 bits per heavy atom. The molecule has 0 radical (unpaired) electrons. The molecule has 2 unspecified atom stereocenters. The van der Waals surface area contributed by atoms with Crippen molar-refractivity contribution in [1.29, 1.82) is 0 Å². The predicted molar refractivity (Wildman–Crippen MR) is 131 cm³/mol. The van der Waals surface area contributed by atoms with Crippen LogP contribution >= 0.6 is 11.9 Å². The van der Waals surface area contributed by atoms with E-state index < -0.39 is 0 Å².